The van der Waals surface area contributed by atoms with Crippen molar-refractivity contribution in [1.29, 1.82) is 0 Å². The number of rotatable bonds is 6. The van der Waals surface area contributed by atoms with Crippen molar-refractivity contribution in [3.63, 3.8) is 0 Å². The fourth-order valence-electron chi connectivity index (χ4n) is 2.19. The lowest BCUT2D eigenvalue weighted by molar-refractivity contribution is -0.138. The van der Waals surface area contributed by atoms with Crippen LogP contribution in [0.25, 0.3) is 0 Å². The molecule has 0 aromatic heterocycles. The lowest BCUT2D eigenvalue weighted by Crippen LogP contribution is -2.50. The zero-order valence-electron chi connectivity index (χ0n) is 11.1. The van der Waals surface area contributed by atoms with Crippen LogP contribution in [0.3, 0.4) is 0 Å². The van der Waals surface area contributed by atoms with Crippen LogP contribution in [-0.2, 0) is 14.3 Å². The van der Waals surface area contributed by atoms with Gasteiger partial charge in [-0.15, -0.1) is 0 Å². The highest BCUT2D eigenvalue weighted by Crippen LogP contribution is 2.16. The summed E-state index contributed by atoms with van der Waals surface area (Å²) in [6.45, 7) is 4.99. The third-order valence-corrected chi connectivity index (χ3v) is 3.29. The van der Waals surface area contributed by atoms with Crippen LogP contribution < -0.4 is 5.32 Å². The van der Waals surface area contributed by atoms with Crippen LogP contribution in [0.2, 0.25) is 0 Å². The van der Waals surface area contributed by atoms with Gasteiger partial charge in [-0.3, -0.25) is 4.79 Å². The Morgan fingerprint density at radius 2 is 2.24 bits per heavy atom. The van der Waals surface area contributed by atoms with Crippen LogP contribution in [0.4, 0.5) is 0 Å². The fourth-order valence-corrected chi connectivity index (χ4v) is 2.19. The molecule has 0 aliphatic carbocycles. The van der Waals surface area contributed by atoms with Gasteiger partial charge in [-0.2, -0.15) is 0 Å². The van der Waals surface area contributed by atoms with Crippen molar-refractivity contribution in [1.82, 2.24) is 10.2 Å². The van der Waals surface area contributed by atoms with Crippen molar-refractivity contribution >= 4 is 5.91 Å². The summed E-state index contributed by atoms with van der Waals surface area (Å²) in [7, 11) is 3.60. The highest BCUT2D eigenvalue weighted by Gasteiger charge is 2.27. The number of piperidine rings is 1. The lowest BCUT2D eigenvalue weighted by Gasteiger charge is -2.36. The zero-order chi connectivity index (χ0) is 12.7. The van der Waals surface area contributed by atoms with Crippen LogP contribution in [0, 0.1) is 5.92 Å². The predicted molar refractivity (Wildman–Crippen MR) is 65.9 cm³/mol. The van der Waals surface area contributed by atoms with E-state index in [0.717, 1.165) is 19.5 Å². The second-order valence-corrected chi connectivity index (χ2v) is 4.55. The summed E-state index contributed by atoms with van der Waals surface area (Å²) >= 11 is 0. The Kier molecular flexibility index (Phi) is 6.47. The Balaban J connectivity index is 2.24. The van der Waals surface area contributed by atoms with Crippen LogP contribution in [0.5, 0.6) is 0 Å². The Labute approximate surface area is 103 Å². The number of methoxy groups -OCH3 is 1. The summed E-state index contributed by atoms with van der Waals surface area (Å²) in [5, 5.41) is 3.29. The van der Waals surface area contributed by atoms with Gasteiger partial charge in [0.1, 0.15) is 6.61 Å². The molecule has 100 valence electrons. The number of nitrogens with one attached hydrogen (secondary N) is 1. The second kappa shape index (κ2) is 7.63. The molecular formula is C12H24N2O3. The van der Waals surface area contributed by atoms with Crippen LogP contribution in [-0.4, -0.2) is 63.9 Å². The topological polar surface area (TPSA) is 50.8 Å². The summed E-state index contributed by atoms with van der Waals surface area (Å²) in [5.41, 5.74) is 0. The van der Waals surface area contributed by atoms with E-state index in [9.17, 15) is 4.79 Å². The lowest BCUT2D eigenvalue weighted by atomic mass is 9.94. The Morgan fingerprint density at radius 1 is 1.47 bits per heavy atom. The first-order chi connectivity index (χ1) is 8.19. The fraction of sp³-hybridized carbons (Fsp3) is 0.917. The molecule has 1 saturated heterocycles. The van der Waals surface area contributed by atoms with Gasteiger partial charge in [0.2, 0.25) is 5.91 Å². The smallest absolute Gasteiger partial charge is 0.248 e. The maximum Gasteiger partial charge on any atom is 0.248 e. The van der Waals surface area contributed by atoms with E-state index in [-0.39, 0.29) is 12.5 Å². The van der Waals surface area contributed by atoms with Crippen molar-refractivity contribution in [3.05, 3.63) is 0 Å². The first-order valence-electron chi connectivity index (χ1n) is 6.20. The maximum absolute atomic E-state index is 11.8. The van der Waals surface area contributed by atoms with E-state index in [1.165, 1.54) is 0 Å². The molecule has 2 unspecified atom stereocenters. The largest absolute Gasteiger partial charge is 0.382 e. The van der Waals surface area contributed by atoms with Gasteiger partial charge < -0.3 is 19.7 Å². The first-order valence-corrected chi connectivity index (χ1v) is 6.20. The van der Waals surface area contributed by atoms with Gasteiger partial charge >= 0.3 is 0 Å². The Morgan fingerprint density at radius 3 is 2.82 bits per heavy atom. The van der Waals surface area contributed by atoms with E-state index in [4.69, 9.17) is 9.47 Å². The third-order valence-electron chi connectivity index (χ3n) is 3.29. The van der Waals surface area contributed by atoms with Gasteiger partial charge in [-0.25, -0.2) is 0 Å². The molecule has 5 heteroatoms. The molecule has 0 saturated carbocycles. The number of hydrogen-bond donors (Lipinski definition) is 1. The predicted octanol–water partition coefficient (Wildman–Crippen LogP) is 0.106. The van der Waals surface area contributed by atoms with Crippen LogP contribution >= 0.6 is 0 Å². The maximum atomic E-state index is 11.8. The molecule has 1 N–H and O–H groups in total. The Bertz CT molecular complexity index is 236. The number of amides is 1. The number of likely N-dealkylation sites (tertiary alicyclic amines) is 1. The molecule has 1 heterocycles. The van der Waals surface area contributed by atoms with Gasteiger partial charge in [0.05, 0.1) is 13.2 Å². The van der Waals surface area contributed by atoms with Gasteiger partial charge in [0.15, 0.2) is 0 Å². The molecule has 1 fully saturated rings. The minimum Gasteiger partial charge on any atom is -0.382 e. The minimum atomic E-state index is 0.0857. The summed E-state index contributed by atoms with van der Waals surface area (Å²) in [6, 6.07) is 0.522. The van der Waals surface area contributed by atoms with Gasteiger partial charge in [0.25, 0.3) is 0 Å². The quantitative estimate of drug-likeness (QED) is 0.674. The molecule has 17 heavy (non-hydrogen) atoms. The van der Waals surface area contributed by atoms with Crippen molar-refractivity contribution in [2.24, 2.45) is 5.92 Å². The molecule has 0 aromatic rings. The van der Waals surface area contributed by atoms with E-state index in [1.54, 1.807) is 7.11 Å². The third kappa shape index (κ3) is 4.61. The SMILES string of the molecule is CNC1CCN(C(=O)COCCOC)CC1C. The second-order valence-electron chi connectivity index (χ2n) is 4.55. The van der Waals surface area contributed by atoms with E-state index in [1.807, 2.05) is 11.9 Å². The highest BCUT2D eigenvalue weighted by molar-refractivity contribution is 5.77. The van der Waals surface area contributed by atoms with Crippen molar-refractivity contribution < 1.29 is 14.3 Å². The zero-order valence-corrected chi connectivity index (χ0v) is 11.1. The van der Waals surface area contributed by atoms with Crippen LogP contribution in [0.15, 0.2) is 0 Å². The standard InChI is InChI=1S/C12H24N2O3/c1-10-8-14(5-4-11(10)13-2)12(15)9-17-7-6-16-3/h10-11,13H,4-9H2,1-3H3. The summed E-state index contributed by atoms with van der Waals surface area (Å²) in [4.78, 5) is 13.7. The van der Waals surface area contributed by atoms with Crippen molar-refractivity contribution in [3.8, 4) is 0 Å². The van der Waals surface area contributed by atoms with Gasteiger partial charge in [0, 0.05) is 26.2 Å². The number of carbonyl (C=O) groups excluding carboxylic acids is 1. The molecule has 0 aromatic carbocycles. The van der Waals surface area contributed by atoms with Crippen molar-refractivity contribution in [2.45, 2.75) is 19.4 Å². The first kappa shape index (κ1) is 14.4. The molecule has 0 radical (unpaired) electrons. The number of carbonyl (C=O) groups is 1. The average Bonchev–Trinajstić information content (AvgIpc) is 2.34. The number of ether oxygens (including phenoxy) is 2. The molecule has 1 aliphatic rings. The molecular weight excluding hydrogens is 220 g/mol. The minimum absolute atomic E-state index is 0.0857. The molecule has 0 spiro atoms. The molecule has 1 rings (SSSR count). The molecule has 1 aliphatic heterocycles. The van der Waals surface area contributed by atoms with E-state index >= 15 is 0 Å². The van der Waals surface area contributed by atoms with E-state index in [2.05, 4.69) is 12.2 Å². The average molecular weight is 244 g/mol. The van der Waals surface area contributed by atoms with Gasteiger partial charge in [-0.1, -0.05) is 6.92 Å². The van der Waals surface area contributed by atoms with Crippen LogP contribution in [0.1, 0.15) is 13.3 Å². The van der Waals surface area contributed by atoms with Gasteiger partial charge in [-0.05, 0) is 19.4 Å². The molecule has 0 bridgehead atoms. The van der Waals surface area contributed by atoms with E-state index in [0.29, 0.717) is 25.2 Å². The molecule has 2 atom stereocenters. The van der Waals surface area contributed by atoms with E-state index < -0.39 is 0 Å². The highest BCUT2D eigenvalue weighted by atomic mass is 16.5. The Hall–Kier alpha value is -0.650. The number of hydrogen-bond acceptors (Lipinski definition) is 4. The summed E-state index contributed by atoms with van der Waals surface area (Å²) in [5.74, 6) is 0.583. The number of nitrogens with zero attached hydrogens (tertiary/aromatic N) is 1. The molecule has 5 nitrogen and oxygen atoms in total. The summed E-state index contributed by atoms with van der Waals surface area (Å²) < 4.78 is 10.1. The molecule has 1 amide bonds. The van der Waals surface area contributed by atoms with Crippen molar-refractivity contribution in [2.75, 3.05) is 47.1 Å². The normalized spacial score (nSPS) is 25.0. The monoisotopic (exact) mass is 244 g/mol. The summed E-state index contributed by atoms with van der Waals surface area (Å²) in [6.07, 6.45) is 1.02.